The lowest BCUT2D eigenvalue weighted by molar-refractivity contribution is -0.129. The number of cyclic esters (lactones) is 1. The first kappa shape index (κ1) is 18.1. The first-order chi connectivity index (χ1) is 12.5. The third kappa shape index (κ3) is 3.91. The number of carbonyl (C=O) groups is 1. The maximum Gasteiger partial charge on any atom is 0.363 e. The smallest absolute Gasteiger partial charge is 0.363 e. The third-order valence-corrected chi connectivity index (χ3v) is 3.81. The number of aliphatic imine (C=N–C) groups is 1. The Kier molecular flexibility index (Phi) is 5.32. The minimum atomic E-state index is -1.11. The minimum Gasteiger partial charge on any atom is -0.494 e. The molecule has 0 aliphatic carbocycles. The van der Waals surface area contributed by atoms with E-state index in [4.69, 9.17) is 21.1 Å². The zero-order valence-electron chi connectivity index (χ0n) is 13.8. The van der Waals surface area contributed by atoms with E-state index in [0.29, 0.717) is 17.9 Å². The predicted molar refractivity (Wildman–Crippen MR) is 94.2 cm³/mol. The molecule has 7 heteroatoms. The standard InChI is InChI=1S/C19H14ClF2NO3/c1-2-6-25-12-5-3-4-11(7-12)8-17-19(24)26-18(23-17)13-9-15(21)16(22)10-14(13)20/h3-5,7-10H,2,6H2,1H3/b17-8-. The molecule has 0 amide bonds. The molecule has 0 saturated heterocycles. The Labute approximate surface area is 153 Å². The van der Waals surface area contributed by atoms with E-state index >= 15 is 0 Å². The Bertz CT molecular complexity index is 925. The van der Waals surface area contributed by atoms with Gasteiger partial charge in [-0.1, -0.05) is 30.7 Å². The fourth-order valence-corrected chi connectivity index (χ4v) is 2.51. The van der Waals surface area contributed by atoms with Crippen LogP contribution in [0.2, 0.25) is 5.02 Å². The van der Waals surface area contributed by atoms with E-state index in [1.165, 1.54) is 6.08 Å². The molecule has 0 bridgehead atoms. The van der Waals surface area contributed by atoms with Crippen molar-refractivity contribution in [1.82, 2.24) is 0 Å². The monoisotopic (exact) mass is 377 g/mol. The summed E-state index contributed by atoms with van der Waals surface area (Å²) in [6.45, 7) is 2.58. The molecule has 0 saturated carbocycles. The van der Waals surface area contributed by atoms with Gasteiger partial charge in [0.15, 0.2) is 17.3 Å². The summed E-state index contributed by atoms with van der Waals surface area (Å²) in [4.78, 5) is 16.1. The van der Waals surface area contributed by atoms with Gasteiger partial charge < -0.3 is 9.47 Å². The summed E-state index contributed by atoms with van der Waals surface area (Å²) in [6, 6.07) is 8.77. The third-order valence-electron chi connectivity index (χ3n) is 3.50. The first-order valence-corrected chi connectivity index (χ1v) is 8.26. The van der Waals surface area contributed by atoms with Gasteiger partial charge in [-0.15, -0.1) is 0 Å². The average Bonchev–Trinajstić information content (AvgIpc) is 2.97. The summed E-state index contributed by atoms with van der Waals surface area (Å²) < 4.78 is 37.2. The Hall–Kier alpha value is -2.73. The lowest BCUT2D eigenvalue weighted by Gasteiger charge is -2.04. The zero-order chi connectivity index (χ0) is 18.7. The average molecular weight is 378 g/mol. The molecule has 1 heterocycles. The Morgan fingerprint density at radius 1 is 1.23 bits per heavy atom. The molecule has 26 heavy (non-hydrogen) atoms. The topological polar surface area (TPSA) is 47.9 Å². The van der Waals surface area contributed by atoms with E-state index in [9.17, 15) is 13.6 Å². The zero-order valence-corrected chi connectivity index (χ0v) is 14.5. The Morgan fingerprint density at radius 3 is 2.77 bits per heavy atom. The van der Waals surface area contributed by atoms with E-state index < -0.39 is 17.6 Å². The lowest BCUT2D eigenvalue weighted by Crippen LogP contribution is -2.07. The highest BCUT2D eigenvalue weighted by Crippen LogP contribution is 2.26. The van der Waals surface area contributed by atoms with Gasteiger partial charge in [-0.2, -0.15) is 0 Å². The number of hydrogen-bond donors (Lipinski definition) is 0. The molecule has 134 valence electrons. The molecule has 1 aliphatic heterocycles. The van der Waals surface area contributed by atoms with Crippen molar-refractivity contribution in [2.75, 3.05) is 6.61 Å². The molecular weight excluding hydrogens is 364 g/mol. The van der Waals surface area contributed by atoms with Gasteiger partial charge in [0.1, 0.15) is 5.75 Å². The molecule has 3 rings (SSSR count). The van der Waals surface area contributed by atoms with Crippen LogP contribution in [0.3, 0.4) is 0 Å². The number of nitrogens with zero attached hydrogens (tertiary/aromatic N) is 1. The number of benzene rings is 2. The van der Waals surface area contributed by atoms with E-state index in [0.717, 1.165) is 18.6 Å². The maximum absolute atomic E-state index is 13.4. The largest absolute Gasteiger partial charge is 0.494 e. The van der Waals surface area contributed by atoms with Crippen molar-refractivity contribution in [3.63, 3.8) is 0 Å². The summed E-state index contributed by atoms with van der Waals surface area (Å²) in [5.41, 5.74) is 0.711. The van der Waals surface area contributed by atoms with E-state index in [2.05, 4.69) is 4.99 Å². The molecule has 0 unspecified atom stereocenters. The first-order valence-electron chi connectivity index (χ1n) is 7.88. The summed E-state index contributed by atoms with van der Waals surface area (Å²) in [6.07, 6.45) is 2.39. The van der Waals surface area contributed by atoms with Crippen LogP contribution in [0.25, 0.3) is 6.08 Å². The number of ether oxygens (including phenoxy) is 2. The highest BCUT2D eigenvalue weighted by Gasteiger charge is 2.26. The molecule has 0 atom stereocenters. The van der Waals surface area contributed by atoms with Crippen molar-refractivity contribution in [2.45, 2.75) is 13.3 Å². The van der Waals surface area contributed by atoms with E-state index in [-0.39, 0.29) is 22.2 Å². The van der Waals surface area contributed by atoms with Gasteiger partial charge in [-0.3, -0.25) is 0 Å². The molecule has 4 nitrogen and oxygen atoms in total. The predicted octanol–water partition coefficient (Wildman–Crippen LogP) is 4.75. The van der Waals surface area contributed by atoms with E-state index in [1.54, 1.807) is 24.3 Å². The molecule has 2 aromatic rings. The van der Waals surface area contributed by atoms with Gasteiger partial charge in [-0.25, -0.2) is 18.6 Å². The van der Waals surface area contributed by atoms with Crippen LogP contribution < -0.4 is 4.74 Å². The summed E-state index contributed by atoms with van der Waals surface area (Å²) in [5.74, 6) is -2.42. The van der Waals surface area contributed by atoms with Crippen LogP contribution in [-0.4, -0.2) is 18.5 Å². The highest BCUT2D eigenvalue weighted by atomic mass is 35.5. The van der Waals surface area contributed by atoms with Gasteiger partial charge in [0.25, 0.3) is 0 Å². The van der Waals surface area contributed by atoms with Crippen LogP contribution in [0.15, 0.2) is 47.1 Å². The fourth-order valence-electron chi connectivity index (χ4n) is 2.28. The van der Waals surface area contributed by atoms with Crippen LogP contribution in [0, 0.1) is 11.6 Å². The van der Waals surface area contributed by atoms with Gasteiger partial charge >= 0.3 is 5.97 Å². The van der Waals surface area contributed by atoms with Crippen LogP contribution in [0.1, 0.15) is 24.5 Å². The van der Waals surface area contributed by atoms with Crippen molar-refractivity contribution in [2.24, 2.45) is 4.99 Å². The quantitative estimate of drug-likeness (QED) is 0.429. The molecular formula is C19H14ClF2NO3. The minimum absolute atomic E-state index is 0.00217. The SMILES string of the molecule is CCCOc1cccc(/C=C2\N=C(c3cc(F)c(F)cc3Cl)OC2=O)c1. The van der Waals surface area contributed by atoms with Crippen LogP contribution >= 0.6 is 11.6 Å². The van der Waals surface area contributed by atoms with Gasteiger partial charge in [0.2, 0.25) is 5.90 Å². The maximum atomic E-state index is 13.4. The van der Waals surface area contributed by atoms with Crippen LogP contribution in [0.4, 0.5) is 8.78 Å². The Morgan fingerprint density at radius 2 is 2.00 bits per heavy atom. The number of rotatable bonds is 5. The number of halogens is 3. The van der Waals surface area contributed by atoms with Crippen LogP contribution in [-0.2, 0) is 9.53 Å². The van der Waals surface area contributed by atoms with Crippen molar-refractivity contribution in [3.8, 4) is 5.75 Å². The Balaban J connectivity index is 1.91. The summed E-state index contributed by atoms with van der Waals surface area (Å²) in [5, 5.41) is -0.105. The van der Waals surface area contributed by atoms with E-state index in [1.807, 2.05) is 6.92 Å². The normalized spacial score (nSPS) is 15.2. The number of carbonyl (C=O) groups excluding carboxylic acids is 1. The molecule has 0 aromatic heterocycles. The highest BCUT2D eigenvalue weighted by molar-refractivity contribution is 6.34. The summed E-state index contributed by atoms with van der Waals surface area (Å²) in [7, 11) is 0. The van der Waals surface area contributed by atoms with Gasteiger partial charge in [0.05, 0.1) is 17.2 Å². The van der Waals surface area contributed by atoms with Gasteiger partial charge in [-0.05, 0) is 42.3 Å². The molecule has 1 aliphatic rings. The second kappa shape index (κ2) is 7.66. The fraction of sp³-hybridized carbons (Fsp3) is 0.158. The number of hydrogen-bond acceptors (Lipinski definition) is 4. The van der Waals surface area contributed by atoms with Crippen molar-refractivity contribution in [3.05, 3.63) is 69.9 Å². The van der Waals surface area contributed by atoms with Crippen molar-refractivity contribution < 1.29 is 23.0 Å². The number of esters is 1. The molecule has 0 radical (unpaired) electrons. The molecule has 0 fully saturated rings. The lowest BCUT2D eigenvalue weighted by atomic mass is 10.2. The van der Waals surface area contributed by atoms with Crippen molar-refractivity contribution in [1.29, 1.82) is 0 Å². The second-order valence-electron chi connectivity index (χ2n) is 5.50. The van der Waals surface area contributed by atoms with Gasteiger partial charge in [0, 0.05) is 0 Å². The second-order valence-corrected chi connectivity index (χ2v) is 5.91. The molecule has 2 aromatic carbocycles. The molecule has 0 spiro atoms. The van der Waals surface area contributed by atoms with Crippen LogP contribution in [0.5, 0.6) is 5.75 Å². The molecule has 0 N–H and O–H groups in total. The summed E-state index contributed by atoms with van der Waals surface area (Å²) >= 11 is 5.89. The van der Waals surface area contributed by atoms with Crippen molar-refractivity contribution >= 4 is 29.5 Å².